The Labute approximate surface area is 286 Å². The van der Waals surface area contributed by atoms with Crippen molar-refractivity contribution in [3.8, 4) is 12.1 Å². The molecule has 2 aromatic carbocycles. The minimum absolute atomic E-state index is 0.0117. The fourth-order valence-electron chi connectivity index (χ4n) is 7.69. The normalized spacial score (nSPS) is 24.2. The fraction of sp³-hybridized carbons (Fsp3) is 0.528. The van der Waals surface area contributed by atoms with E-state index in [2.05, 4.69) is 59.2 Å². The second-order valence-corrected chi connectivity index (χ2v) is 13.4. The van der Waals surface area contributed by atoms with Gasteiger partial charge in [0.05, 0.1) is 49.3 Å². The van der Waals surface area contributed by atoms with Gasteiger partial charge < -0.3 is 38.9 Å². The third kappa shape index (κ3) is 6.67. The van der Waals surface area contributed by atoms with Crippen molar-refractivity contribution in [3.63, 3.8) is 0 Å². The van der Waals surface area contributed by atoms with E-state index in [0.29, 0.717) is 38.5 Å². The Balaban J connectivity index is 1.19. The maximum Gasteiger partial charge on any atom is 0.407 e. The van der Waals surface area contributed by atoms with Crippen LogP contribution in [0.15, 0.2) is 36.4 Å². The molecule has 4 aliphatic heterocycles. The number of fused-ring (bicyclic) bond motifs is 2. The highest BCUT2D eigenvalue weighted by molar-refractivity contribution is 5.97. The monoisotopic (exact) mass is 669 g/mol. The topological polar surface area (TPSA) is 145 Å². The number of amides is 2. The van der Waals surface area contributed by atoms with E-state index >= 15 is 0 Å². The predicted molar refractivity (Wildman–Crippen MR) is 182 cm³/mol. The number of anilines is 2. The maximum atomic E-state index is 12.8. The molecule has 3 fully saturated rings. The van der Waals surface area contributed by atoms with Crippen LogP contribution < -0.4 is 14.5 Å². The zero-order valence-corrected chi connectivity index (χ0v) is 28.1. The second-order valence-electron chi connectivity index (χ2n) is 13.4. The Hall–Kier alpha value is -4.67. The van der Waals surface area contributed by atoms with Crippen LogP contribution in [-0.2, 0) is 27.2 Å². The first-order valence-electron chi connectivity index (χ1n) is 17.2. The predicted octanol–water partition coefficient (Wildman–Crippen LogP) is 4.10. The number of piperazine rings is 1. The number of nitrogens with zero attached hydrogens (tertiary/aromatic N) is 7. The Kier molecular flexibility index (Phi) is 9.42. The second kappa shape index (κ2) is 14.1. The van der Waals surface area contributed by atoms with E-state index < -0.39 is 12.1 Å². The molecule has 2 amide bonds. The van der Waals surface area contributed by atoms with E-state index in [1.165, 1.54) is 21.2 Å². The number of hydrogen-bond donors (Lipinski definition) is 1. The van der Waals surface area contributed by atoms with Gasteiger partial charge >= 0.3 is 12.1 Å². The lowest BCUT2D eigenvalue weighted by Crippen LogP contribution is -2.55. The highest BCUT2D eigenvalue weighted by atomic mass is 16.7. The summed E-state index contributed by atoms with van der Waals surface area (Å²) in [6.07, 6.45) is 2.13. The third-order valence-corrected chi connectivity index (χ3v) is 10.4. The van der Waals surface area contributed by atoms with Gasteiger partial charge in [-0.15, -0.1) is 0 Å². The molecule has 0 radical (unpaired) electrons. The van der Waals surface area contributed by atoms with Crippen molar-refractivity contribution in [1.82, 2.24) is 19.8 Å². The molecule has 0 bridgehead atoms. The van der Waals surface area contributed by atoms with Gasteiger partial charge in [0, 0.05) is 56.5 Å². The van der Waals surface area contributed by atoms with Crippen LogP contribution in [0.1, 0.15) is 48.9 Å². The SMILES string of the molecule is Cc1cccc2cccc(N3CCc4c(nc(OC[C@@H]5[C@H](OC6CCCCO6)CC(=O)N5C)nc4N4CCN(C(=O)O)[C@@H](CC#N)C4)C3)c12. The summed E-state index contributed by atoms with van der Waals surface area (Å²) < 4.78 is 18.4. The van der Waals surface area contributed by atoms with Crippen LogP contribution >= 0.6 is 0 Å². The molecule has 13 heteroatoms. The van der Waals surface area contributed by atoms with Crippen molar-refractivity contribution in [2.45, 2.75) is 76.5 Å². The Morgan fingerprint density at radius 2 is 1.96 bits per heavy atom. The average molecular weight is 670 g/mol. The molecule has 49 heavy (non-hydrogen) atoms. The summed E-state index contributed by atoms with van der Waals surface area (Å²) in [5.41, 5.74) is 4.19. The molecule has 13 nitrogen and oxygen atoms in total. The molecular formula is C36H43N7O6. The molecule has 0 aliphatic carbocycles. The zero-order valence-electron chi connectivity index (χ0n) is 28.1. The lowest BCUT2D eigenvalue weighted by Gasteiger charge is -2.41. The summed E-state index contributed by atoms with van der Waals surface area (Å²) in [4.78, 5) is 42.1. The highest BCUT2D eigenvalue weighted by Crippen LogP contribution is 2.36. The van der Waals surface area contributed by atoms with E-state index in [1.54, 1.807) is 11.9 Å². The summed E-state index contributed by atoms with van der Waals surface area (Å²) in [6.45, 7) is 5.25. The number of hydrogen-bond acceptors (Lipinski definition) is 10. The first-order valence-corrected chi connectivity index (χ1v) is 17.2. The van der Waals surface area contributed by atoms with Crippen LogP contribution in [-0.4, -0.2) is 108 Å². The molecule has 0 saturated carbocycles. The fourth-order valence-corrected chi connectivity index (χ4v) is 7.69. The maximum absolute atomic E-state index is 12.8. The van der Waals surface area contributed by atoms with Crippen molar-refractivity contribution < 1.29 is 28.9 Å². The van der Waals surface area contributed by atoms with Crippen LogP contribution in [0.25, 0.3) is 10.8 Å². The molecule has 3 saturated heterocycles. The van der Waals surface area contributed by atoms with E-state index in [-0.39, 0.29) is 56.3 Å². The van der Waals surface area contributed by atoms with Crippen molar-refractivity contribution >= 4 is 34.3 Å². The van der Waals surface area contributed by atoms with Crippen LogP contribution in [0.4, 0.5) is 16.3 Å². The number of ether oxygens (including phenoxy) is 3. The number of carbonyl (C=O) groups is 2. The lowest BCUT2D eigenvalue weighted by molar-refractivity contribution is -0.193. The van der Waals surface area contributed by atoms with Gasteiger partial charge in [-0.1, -0.05) is 30.3 Å². The average Bonchev–Trinajstić information content (AvgIpc) is 3.37. The minimum Gasteiger partial charge on any atom is -0.465 e. The molecule has 0 spiro atoms. The van der Waals surface area contributed by atoms with Crippen molar-refractivity contribution in [1.29, 1.82) is 5.26 Å². The van der Waals surface area contributed by atoms with Crippen LogP contribution in [0.5, 0.6) is 6.01 Å². The Morgan fingerprint density at radius 1 is 1.12 bits per heavy atom. The van der Waals surface area contributed by atoms with Crippen molar-refractivity contribution in [2.75, 3.05) is 56.2 Å². The van der Waals surface area contributed by atoms with Crippen molar-refractivity contribution in [3.05, 3.63) is 53.2 Å². The van der Waals surface area contributed by atoms with Gasteiger partial charge in [0.1, 0.15) is 12.4 Å². The Morgan fingerprint density at radius 3 is 2.73 bits per heavy atom. The quantitative estimate of drug-likeness (QED) is 0.370. The zero-order chi connectivity index (χ0) is 34.1. The first-order chi connectivity index (χ1) is 23.8. The standard InChI is InChI=1S/C36H43N7O6/c1-23-7-5-8-24-9-6-10-28(33(23)24)41-15-13-26-27(21-41)38-35(39-34(26)42-16-17-43(36(45)46)25(20-42)12-14-37)48-22-29-30(19-31(44)40(29)2)49-32-11-3-4-18-47-32/h5-10,25,29-30,32H,3-4,11-13,15-22H2,1-2H3,(H,45,46)/t25-,29+,30+,32?/m0/s1. The van der Waals surface area contributed by atoms with Gasteiger partial charge in [-0.25, -0.2) is 4.79 Å². The highest BCUT2D eigenvalue weighted by Gasteiger charge is 2.41. The van der Waals surface area contributed by atoms with Gasteiger partial charge in [-0.05, 0) is 49.6 Å². The Bertz CT molecular complexity index is 1750. The summed E-state index contributed by atoms with van der Waals surface area (Å²) in [7, 11) is 1.77. The van der Waals surface area contributed by atoms with Crippen LogP contribution in [0.2, 0.25) is 0 Å². The van der Waals surface area contributed by atoms with Gasteiger partial charge in [0.15, 0.2) is 6.29 Å². The number of carbonyl (C=O) groups excluding carboxylic acids is 1. The number of benzene rings is 2. The van der Waals surface area contributed by atoms with E-state index in [4.69, 9.17) is 24.2 Å². The van der Waals surface area contributed by atoms with Gasteiger partial charge in [-0.3, -0.25) is 4.79 Å². The van der Waals surface area contributed by atoms with Gasteiger partial charge in [0.2, 0.25) is 5.91 Å². The molecule has 1 aromatic heterocycles. The molecule has 1 unspecified atom stereocenters. The number of aromatic nitrogens is 2. The summed E-state index contributed by atoms with van der Waals surface area (Å²) in [6, 6.07) is 14.2. The molecular weight excluding hydrogens is 626 g/mol. The van der Waals surface area contributed by atoms with Gasteiger partial charge in [-0.2, -0.15) is 15.2 Å². The van der Waals surface area contributed by atoms with Crippen molar-refractivity contribution in [2.24, 2.45) is 0 Å². The molecule has 258 valence electrons. The molecule has 1 N–H and O–H groups in total. The smallest absolute Gasteiger partial charge is 0.407 e. The lowest BCUT2D eigenvalue weighted by atomic mass is 9.99. The molecule has 7 rings (SSSR count). The summed E-state index contributed by atoms with van der Waals surface area (Å²) in [5.74, 6) is 0.698. The number of rotatable bonds is 8. The first kappa shape index (κ1) is 32.9. The minimum atomic E-state index is -1.03. The third-order valence-electron chi connectivity index (χ3n) is 10.4. The van der Waals surface area contributed by atoms with Crippen LogP contribution in [0.3, 0.4) is 0 Å². The number of likely N-dealkylation sites (tertiary alicyclic amines) is 1. The van der Waals surface area contributed by atoms with E-state index in [9.17, 15) is 20.0 Å². The van der Waals surface area contributed by atoms with Gasteiger partial charge in [0.25, 0.3) is 0 Å². The number of likely N-dealkylation sites (N-methyl/N-ethyl adjacent to an activating group) is 1. The van der Waals surface area contributed by atoms with E-state index in [0.717, 1.165) is 42.8 Å². The molecule has 3 aromatic rings. The number of aryl methyl sites for hydroxylation is 1. The summed E-state index contributed by atoms with van der Waals surface area (Å²) >= 11 is 0. The number of nitriles is 1. The summed E-state index contributed by atoms with van der Waals surface area (Å²) in [5, 5.41) is 21.7. The van der Waals surface area contributed by atoms with Crippen LogP contribution in [0, 0.1) is 18.3 Å². The molecule has 4 aliphatic rings. The largest absolute Gasteiger partial charge is 0.465 e. The molecule has 4 atom stereocenters. The van der Waals surface area contributed by atoms with E-state index in [1.807, 2.05) is 0 Å². The molecule has 5 heterocycles. The number of carboxylic acid groups (broad SMARTS) is 1.